The molecule has 0 radical (unpaired) electrons. The van der Waals surface area contributed by atoms with Crippen molar-refractivity contribution >= 4 is 29.2 Å². The Kier molecular flexibility index (Phi) is 7.54. The van der Waals surface area contributed by atoms with Crippen LogP contribution in [0.5, 0.6) is 0 Å². The van der Waals surface area contributed by atoms with E-state index in [1.807, 2.05) is 0 Å². The fourth-order valence-electron chi connectivity index (χ4n) is 4.09. The van der Waals surface area contributed by atoms with Crippen LogP contribution in [0, 0.1) is 11.6 Å². The first-order chi connectivity index (χ1) is 16.8. The van der Waals surface area contributed by atoms with Gasteiger partial charge in [-0.2, -0.15) is 0 Å². The summed E-state index contributed by atoms with van der Waals surface area (Å²) in [4.78, 5) is 48.1. The summed E-state index contributed by atoms with van der Waals surface area (Å²) >= 11 is 0. The van der Waals surface area contributed by atoms with Crippen LogP contribution in [0.25, 0.3) is 0 Å². The van der Waals surface area contributed by atoms with E-state index in [1.165, 1.54) is 16.9 Å². The van der Waals surface area contributed by atoms with E-state index in [-0.39, 0.29) is 68.7 Å². The van der Waals surface area contributed by atoms with Crippen molar-refractivity contribution < 1.29 is 32.7 Å². The Hall–Kier alpha value is -3.60. The lowest BCUT2D eigenvalue weighted by Crippen LogP contribution is -2.35. The summed E-state index contributed by atoms with van der Waals surface area (Å²) in [5.41, 5.74) is 0.576. The predicted molar refractivity (Wildman–Crippen MR) is 122 cm³/mol. The lowest BCUT2D eigenvalue weighted by molar-refractivity contribution is -0.181. The molecule has 2 amide bonds. The summed E-state index contributed by atoms with van der Waals surface area (Å²) in [7, 11) is 0. The Morgan fingerprint density at radius 1 is 1.11 bits per heavy atom. The molecule has 35 heavy (non-hydrogen) atoms. The number of benzene rings is 1. The number of anilines is 2. The van der Waals surface area contributed by atoms with Gasteiger partial charge in [-0.1, -0.05) is 0 Å². The molecule has 0 saturated carbocycles. The molecule has 3 heterocycles. The fourth-order valence-corrected chi connectivity index (χ4v) is 4.09. The third kappa shape index (κ3) is 5.91. The Labute approximate surface area is 201 Å². The van der Waals surface area contributed by atoms with Gasteiger partial charge in [0.2, 0.25) is 0 Å². The highest BCUT2D eigenvalue weighted by Gasteiger charge is 2.34. The monoisotopic (exact) mass is 488 g/mol. The molecule has 1 aromatic heterocycles. The van der Waals surface area contributed by atoms with Crippen molar-refractivity contribution in [1.82, 2.24) is 10.0 Å². The van der Waals surface area contributed by atoms with Gasteiger partial charge in [0, 0.05) is 44.0 Å². The van der Waals surface area contributed by atoms with Crippen molar-refractivity contribution in [1.29, 1.82) is 0 Å². The van der Waals surface area contributed by atoms with Crippen LogP contribution in [-0.2, 0) is 25.6 Å². The number of hydroxylamine groups is 2. The van der Waals surface area contributed by atoms with Crippen LogP contribution >= 0.6 is 0 Å². The van der Waals surface area contributed by atoms with Crippen LogP contribution in [0.15, 0.2) is 36.7 Å². The first-order valence-electron chi connectivity index (χ1n) is 11.4. The molecule has 1 aromatic carbocycles. The summed E-state index contributed by atoms with van der Waals surface area (Å²) < 4.78 is 35.4. The quantitative estimate of drug-likeness (QED) is 0.592. The highest BCUT2D eigenvalue weighted by molar-refractivity contribution is 5.90. The zero-order valence-electron chi connectivity index (χ0n) is 19.3. The molecule has 186 valence electrons. The lowest BCUT2D eigenvalue weighted by Gasteiger charge is -2.24. The molecular formula is C24H26F2N4O5. The van der Waals surface area contributed by atoms with Crippen LogP contribution in [-0.4, -0.2) is 66.7 Å². The van der Waals surface area contributed by atoms with E-state index in [0.717, 1.165) is 22.6 Å². The maximum atomic E-state index is 15.1. The van der Waals surface area contributed by atoms with Crippen LogP contribution in [0.2, 0.25) is 0 Å². The van der Waals surface area contributed by atoms with Gasteiger partial charge in [-0.15, -0.1) is 0 Å². The van der Waals surface area contributed by atoms with E-state index in [4.69, 9.17) is 9.57 Å². The number of carbonyl (C=O) groups excluding carboxylic acids is 3. The molecule has 0 N–H and O–H groups in total. The number of cyclic esters (lactones) is 1. The second kappa shape index (κ2) is 10.8. The number of halogens is 2. The molecule has 2 saturated heterocycles. The zero-order chi connectivity index (χ0) is 24.9. The topological polar surface area (TPSA) is 92.3 Å². The summed E-state index contributed by atoms with van der Waals surface area (Å²) in [5.74, 6) is -1.96. The summed E-state index contributed by atoms with van der Waals surface area (Å²) in [6.07, 6.45) is 2.69. The number of ketones is 1. The Morgan fingerprint density at radius 3 is 2.51 bits per heavy atom. The first-order valence-corrected chi connectivity index (χ1v) is 11.4. The fraction of sp³-hybridized carbons (Fsp3) is 0.417. The van der Waals surface area contributed by atoms with Gasteiger partial charge in [-0.3, -0.25) is 19.5 Å². The Morgan fingerprint density at radius 2 is 1.83 bits per heavy atom. The number of nitrogens with zero attached hydrogens (tertiary/aromatic N) is 4. The Bertz CT molecular complexity index is 1080. The number of rotatable bonds is 7. The molecule has 2 aromatic rings. The SMILES string of the molecule is CC(=O)CC[C@H]1CN(c2cc(F)c(N3CCON(C(=O)Cc4ccncc4)CC3)c(F)c2)C(=O)O1. The van der Waals surface area contributed by atoms with E-state index >= 15 is 8.78 Å². The van der Waals surface area contributed by atoms with Gasteiger partial charge in [-0.05, 0) is 31.0 Å². The minimum Gasteiger partial charge on any atom is -0.444 e. The van der Waals surface area contributed by atoms with Crippen molar-refractivity contribution in [3.63, 3.8) is 0 Å². The number of amides is 2. The highest BCUT2D eigenvalue weighted by atomic mass is 19.1. The van der Waals surface area contributed by atoms with Gasteiger partial charge in [-0.25, -0.2) is 18.6 Å². The van der Waals surface area contributed by atoms with Crippen molar-refractivity contribution in [2.24, 2.45) is 0 Å². The minimum atomic E-state index is -0.837. The van der Waals surface area contributed by atoms with E-state index in [0.29, 0.717) is 6.42 Å². The van der Waals surface area contributed by atoms with Crippen LogP contribution in [0.1, 0.15) is 25.3 Å². The van der Waals surface area contributed by atoms with Crippen LogP contribution in [0.3, 0.4) is 0 Å². The number of pyridine rings is 1. The van der Waals surface area contributed by atoms with Gasteiger partial charge in [0.1, 0.15) is 17.6 Å². The standard InChI is InChI=1S/C24H26F2N4O5/c1-16(31)2-3-19-15-29(24(33)35-19)18-13-20(25)23(21(26)14-18)28-8-9-30(34-11-10-28)22(32)12-17-4-6-27-7-5-17/h4-7,13-14,19H,2-3,8-12,15H2,1H3/t19-/m0/s1. The average molecular weight is 488 g/mol. The third-order valence-corrected chi connectivity index (χ3v) is 5.89. The van der Waals surface area contributed by atoms with Crippen molar-refractivity contribution in [3.8, 4) is 0 Å². The predicted octanol–water partition coefficient (Wildman–Crippen LogP) is 2.88. The number of ether oxygens (including phenoxy) is 1. The molecule has 2 fully saturated rings. The second-order valence-electron chi connectivity index (χ2n) is 8.46. The van der Waals surface area contributed by atoms with Gasteiger partial charge >= 0.3 is 6.09 Å². The van der Waals surface area contributed by atoms with Crippen molar-refractivity contribution in [3.05, 3.63) is 53.9 Å². The normalized spacial score (nSPS) is 18.4. The molecule has 9 nitrogen and oxygen atoms in total. The van der Waals surface area contributed by atoms with E-state index in [1.54, 1.807) is 24.5 Å². The number of hydrogen-bond acceptors (Lipinski definition) is 7. The molecule has 0 aliphatic carbocycles. The second-order valence-corrected chi connectivity index (χ2v) is 8.46. The number of carbonyl (C=O) groups is 3. The lowest BCUT2D eigenvalue weighted by atomic mass is 10.1. The van der Waals surface area contributed by atoms with E-state index in [9.17, 15) is 14.4 Å². The van der Waals surface area contributed by atoms with Crippen LogP contribution in [0.4, 0.5) is 25.0 Å². The maximum absolute atomic E-state index is 15.1. The molecule has 2 aliphatic heterocycles. The first kappa shape index (κ1) is 24.5. The largest absolute Gasteiger partial charge is 0.444 e. The molecule has 11 heteroatoms. The summed E-state index contributed by atoms with van der Waals surface area (Å²) in [5, 5.41) is 1.21. The van der Waals surface area contributed by atoms with E-state index < -0.39 is 23.8 Å². The molecule has 0 bridgehead atoms. The van der Waals surface area contributed by atoms with Crippen LogP contribution < -0.4 is 9.80 Å². The third-order valence-electron chi connectivity index (χ3n) is 5.89. The maximum Gasteiger partial charge on any atom is 0.414 e. The van der Waals surface area contributed by atoms with Gasteiger partial charge in [0.25, 0.3) is 5.91 Å². The molecule has 4 rings (SSSR count). The highest BCUT2D eigenvalue weighted by Crippen LogP contribution is 2.32. The number of hydrogen-bond donors (Lipinski definition) is 0. The smallest absolute Gasteiger partial charge is 0.414 e. The van der Waals surface area contributed by atoms with Crippen molar-refractivity contribution in [2.75, 3.05) is 42.6 Å². The molecule has 1 atom stereocenters. The molecule has 2 aliphatic rings. The minimum absolute atomic E-state index is 0.0278. The Balaban J connectivity index is 1.42. The number of aromatic nitrogens is 1. The molecular weight excluding hydrogens is 462 g/mol. The summed E-state index contributed by atoms with van der Waals surface area (Å²) in [6.45, 7) is 2.08. The summed E-state index contributed by atoms with van der Waals surface area (Å²) in [6, 6.07) is 5.64. The average Bonchev–Trinajstić information content (AvgIpc) is 3.02. The zero-order valence-corrected chi connectivity index (χ0v) is 19.3. The number of Topliss-reactive ketones (excluding diaryl/α,β-unsaturated/α-hetero) is 1. The molecule has 0 spiro atoms. The van der Waals surface area contributed by atoms with Gasteiger partial charge in [0.15, 0.2) is 11.6 Å². The van der Waals surface area contributed by atoms with E-state index in [2.05, 4.69) is 4.98 Å². The molecule has 0 unspecified atom stereocenters. The van der Waals surface area contributed by atoms with Crippen molar-refractivity contribution in [2.45, 2.75) is 32.3 Å². The van der Waals surface area contributed by atoms with Gasteiger partial charge in [0.05, 0.1) is 31.8 Å². The van der Waals surface area contributed by atoms with Gasteiger partial charge < -0.3 is 14.4 Å².